The number of fused-ring (bicyclic) bond motifs is 1. The molecule has 0 unspecified atom stereocenters. The molecule has 25 heavy (non-hydrogen) atoms. The Bertz CT molecular complexity index is 775. The third-order valence-electron chi connectivity index (χ3n) is 4.11. The third kappa shape index (κ3) is 3.51. The van der Waals surface area contributed by atoms with Crippen LogP contribution in [-0.2, 0) is 4.74 Å². The third-order valence-corrected chi connectivity index (χ3v) is 4.11. The van der Waals surface area contributed by atoms with E-state index < -0.39 is 0 Å². The highest BCUT2D eigenvalue weighted by molar-refractivity contribution is 5.95. The van der Waals surface area contributed by atoms with Gasteiger partial charge in [0.2, 0.25) is 0 Å². The summed E-state index contributed by atoms with van der Waals surface area (Å²) in [6.45, 7) is 3.48. The molecule has 0 radical (unpaired) electrons. The normalized spacial score (nSPS) is 16.4. The second kappa shape index (κ2) is 6.98. The number of hydrogen-bond donors (Lipinski definition) is 1. The molecule has 1 aromatic carbocycles. The van der Waals surface area contributed by atoms with Crippen LogP contribution in [0.2, 0.25) is 0 Å². The summed E-state index contributed by atoms with van der Waals surface area (Å²) in [4.78, 5) is 18.5. The van der Waals surface area contributed by atoms with E-state index in [1.54, 1.807) is 17.3 Å². The highest BCUT2D eigenvalue weighted by Crippen LogP contribution is 2.33. The van der Waals surface area contributed by atoms with Crippen molar-refractivity contribution in [3.8, 4) is 11.5 Å². The molecule has 1 amide bonds. The van der Waals surface area contributed by atoms with Gasteiger partial charge in [0, 0.05) is 31.0 Å². The van der Waals surface area contributed by atoms with Crippen LogP contribution >= 0.6 is 0 Å². The molecule has 0 spiro atoms. The van der Waals surface area contributed by atoms with Crippen molar-refractivity contribution < 1.29 is 19.0 Å². The molecule has 1 saturated heterocycles. The lowest BCUT2D eigenvalue weighted by Gasteiger charge is -2.26. The summed E-state index contributed by atoms with van der Waals surface area (Å²) in [6.07, 6.45) is 3.28. The smallest absolute Gasteiger partial charge is 0.255 e. The van der Waals surface area contributed by atoms with E-state index in [-0.39, 0.29) is 5.91 Å². The molecule has 1 fully saturated rings. The van der Waals surface area contributed by atoms with Crippen molar-refractivity contribution in [1.82, 2.24) is 9.88 Å². The maximum atomic E-state index is 12.6. The summed E-state index contributed by atoms with van der Waals surface area (Å²) in [7, 11) is 0. The molecule has 0 saturated carbocycles. The van der Waals surface area contributed by atoms with Gasteiger partial charge < -0.3 is 24.4 Å². The number of anilines is 2. The Kier molecular flexibility index (Phi) is 4.39. The Morgan fingerprint density at radius 2 is 1.76 bits per heavy atom. The second-order valence-electron chi connectivity index (χ2n) is 5.85. The van der Waals surface area contributed by atoms with E-state index in [1.165, 1.54) is 0 Å². The maximum absolute atomic E-state index is 12.6. The molecule has 2 aromatic rings. The predicted octanol–water partition coefficient (Wildman–Crippen LogP) is 2.07. The first-order valence-electron chi connectivity index (χ1n) is 8.28. The van der Waals surface area contributed by atoms with Crippen molar-refractivity contribution in [2.45, 2.75) is 0 Å². The first kappa shape index (κ1) is 15.7. The fourth-order valence-corrected chi connectivity index (χ4v) is 2.86. The molecule has 0 bridgehead atoms. The van der Waals surface area contributed by atoms with Crippen molar-refractivity contribution in [3.05, 3.63) is 42.2 Å². The maximum Gasteiger partial charge on any atom is 0.255 e. The van der Waals surface area contributed by atoms with Gasteiger partial charge in [-0.3, -0.25) is 9.78 Å². The molecule has 1 aromatic heterocycles. The number of benzene rings is 1. The first-order chi connectivity index (χ1) is 12.3. The Balaban J connectivity index is 1.50. The average molecular weight is 341 g/mol. The van der Waals surface area contributed by atoms with Crippen molar-refractivity contribution in [1.29, 1.82) is 0 Å². The van der Waals surface area contributed by atoms with Gasteiger partial charge in [-0.25, -0.2) is 0 Å². The van der Waals surface area contributed by atoms with Gasteiger partial charge >= 0.3 is 0 Å². The molecular formula is C18H19N3O4. The number of ether oxygens (including phenoxy) is 3. The van der Waals surface area contributed by atoms with Crippen LogP contribution in [0.25, 0.3) is 0 Å². The van der Waals surface area contributed by atoms with Gasteiger partial charge in [-0.15, -0.1) is 0 Å². The summed E-state index contributed by atoms with van der Waals surface area (Å²) < 4.78 is 16.4. The van der Waals surface area contributed by atoms with Crippen LogP contribution in [0.1, 0.15) is 10.4 Å². The Hall–Kier alpha value is -2.80. The average Bonchev–Trinajstić information content (AvgIpc) is 2.68. The van der Waals surface area contributed by atoms with Crippen LogP contribution in [-0.4, -0.2) is 55.3 Å². The zero-order valence-electron chi connectivity index (χ0n) is 13.7. The van der Waals surface area contributed by atoms with E-state index in [0.717, 1.165) is 17.1 Å². The Morgan fingerprint density at radius 1 is 0.960 bits per heavy atom. The first-order valence-corrected chi connectivity index (χ1v) is 8.28. The Labute approximate surface area is 145 Å². The van der Waals surface area contributed by atoms with Gasteiger partial charge in [0.1, 0.15) is 13.2 Å². The number of morpholine rings is 1. The monoisotopic (exact) mass is 341 g/mol. The summed E-state index contributed by atoms with van der Waals surface area (Å²) in [6, 6.07) is 7.46. The molecule has 7 heteroatoms. The molecule has 3 heterocycles. The molecule has 0 atom stereocenters. The molecule has 4 rings (SSSR count). The van der Waals surface area contributed by atoms with Crippen LogP contribution < -0.4 is 14.8 Å². The molecule has 0 aliphatic carbocycles. The van der Waals surface area contributed by atoms with E-state index in [1.807, 2.05) is 24.3 Å². The van der Waals surface area contributed by atoms with E-state index in [9.17, 15) is 4.79 Å². The van der Waals surface area contributed by atoms with Gasteiger partial charge in [0.15, 0.2) is 11.5 Å². The number of nitrogens with zero attached hydrogens (tertiary/aromatic N) is 2. The van der Waals surface area contributed by atoms with Crippen molar-refractivity contribution in [2.24, 2.45) is 0 Å². The lowest BCUT2D eigenvalue weighted by molar-refractivity contribution is 0.0302. The second-order valence-corrected chi connectivity index (χ2v) is 5.85. The largest absolute Gasteiger partial charge is 0.486 e. The van der Waals surface area contributed by atoms with Crippen LogP contribution in [0, 0.1) is 0 Å². The lowest BCUT2D eigenvalue weighted by Crippen LogP contribution is -2.40. The number of rotatable bonds is 3. The minimum Gasteiger partial charge on any atom is -0.486 e. The minimum absolute atomic E-state index is 0.0263. The lowest BCUT2D eigenvalue weighted by atomic mass is 10.2. The minimum atomic E-state index is -0.0263. The quantitative estimate of drug-likeness (QED) is 0.921. The van der Waals surface area contributed by atoms with Crippen molar-refractivity contribution in [2.75, 3.05) is 44.8 Å². The fraction of sp³-hybridized carbons (Fsp3) is 0.333. The standard InChI is InChI=1S/C18H19N3O4/c22-18(21-3-5-23-6-4-21)13-9-15(12-19-11-13)20-14-1-2-16-17(10-14)25-8-7-24-16/h1-2,9-12,20H,3-8H2. The van der Waals surface area contributed by atoms with Gasteiger partial charge in [-0.1, -0.05) is 0 Å². The zero-order valence-corrected chi connectivity index (χ0v) is 13.7. The van der Waals surface area contributed by atoms with Gasteiger partial charge in [-0.05, 0) is 18.2 Å². The number of amides is 1. The van der Waals surface area contributed by atoms with Crippen molar-refractivity contribution in [3.63, 3.8) is 0 Å². The van der Waals surface area contributed by atoms with E-state index in [2.05, 4.69) is 10.3 Å². The van der Waals surface area contributed by atoms with Gasteiger partial charge in [0.05, 0.1) is 30.7 Å². The van der Waals surface area contributed by atoms with Crippen LogP contribution in [0.5, 0.6) is 11.5 Å². The Morgan fingerprint density at radius 3 is 2.60 bits per heavy atom. The topological polar surface area (TPSA) is 72.9 Å². The number of carbonyl (C=O) groups is 1. The number of pyridine rings is 1. The predicted molar refractivity (Wildman–Crippen MR) is 91.7 cm³/mol. The van der Waals surface area contributed by atoms with Gasteiger partial charge in [-0.2, -0.15) is 0 Å². The highest BCUT2D eigenvalue weighted by Gasteiger charge is 2.19. The number of aromatic nitrogens is 1. The number of hydrogen-bond acceptors (Lipinski definition) is 6. The number of nitrogens with one attached hydrogen (secondary N) is 1. The van der Waals surface area contributed by atoms with Crippen LogP contribution in [0.3, 0.4) is 0 Å². The summed E-state index contributed by atoms with van der Waals surface area (Å²) >= 11 is 0. The summed E-state index contributed by atoms with van der Waals surface area (Å²) in [5, 5.41) is 3.26. The molecule has 1 N–H and O–H groups in total. The van der Waals surface area contributed by atoms with Gasteiger partial charge in [0.25, 0.3) is 5.91 Å². The molecule has 2 aliphatic heterocycles. The number of carbonyl (C=O) groups excluding carboxylic acids is 1. The fourth-order valence-electron chi connectivity index (χ4n) is 2.86. The SMILES string of the molecule is O=C(c1cncc(Nc2ccc3c(c2)OCCO3)c1)N1CCOCC1. The molecular weight excluding hydrogens is 322 g/mol. The van der Waals surface area contributed by atoms with E-state index in [0.29, 0.717) is 50.8 Å². The summed E-state index contributed by atoms with van der Waals surface area (Å²) in [5.74, 6) is 1.43. The summed E-state index contributed by atoms with van der Waals surface area (Å²) in [5.41, 5.74) is 2.15. The van der Waals surface area contributed by atoms with E-state index in [4.69, 9.17) is 14.2 Å². The molecule has 130 valence electrons. The van der Waals surface area contributed by atoms with E-state index >= 15 is 0 Å². The van der Waals surface area contributed by atoms with Crippen molar-refractivity contribution >= 4 is 17.3 Å². The molecule has 7 nitrogen and oxygen atoms in total. The van der Waals surface area contributed by atoms with Crippen LogP contribution in [0.4, 0.5) is 11.4 Å². The zero-order chi connectivity index (χ0) is 17.1. The highest BCUT2D eigenvalue weighted by atomic mass is 16.6. The molecule has 2 aliphatic rings. The van der Waals surface area contributed by atoms with Crippen LogP contribution in [0.15, 0.2) is 36.7 Å².